The highest BCUT2D eigenvalue weighted by Crippen LogP contribution is 2.32. The van der Waals surface area contributed by atoms with E-state index in [1.807, 2.05) is 25.1 Å². The number of benzene rings is 2. The second kappa shape index (κ2) is 11.0. The van der Waals surface area contributed by atoms with Crippen molar-refractivity contribution in [2.75, 3.05) is 4.90 Å². The van der Waals surface area contributed by atoms with Gasteiger partial charge in [-0.25, -0.2) is 4.39 Å². The van der Waals surface area contributed by atoms with E-state index in [9.17, 15) is 14.0 Å². The van der Waals surface area contributed by atoms with Gasteiger partial charge in [-0.15, -0.1) is 10.2 Å². The Morgan fingerprint density at radius 2 is 1.82 bits per heavy atom. The normalized spacial score (nSPS) is 14.4. The van der Waals surface area contributed by atoms with Crippen molar-refractivity contribution in [1.29, 1.82) is 0 Å². The number of halogens is 1. The fourth-order valence-electron chi connectivity index (χ4n) is 4.80. The first-order valence-electron chi connectivity index (χ1n) is 12.7. The number of hydrogen-bond donors (Lipinski definition) is 1. The number of rotatable bonds is 8. The van der Waals surface area contributed by atoms with E-state index in [2.05, 4.69) is 20.7 Å². The van der Waals surface area contributed by atoms with Crippen molar-refractivity contribution in [2.24, 2.45) is 0 Å². The SMILES string of the molecule is Cc1ccc(C(C(=O)NC2CCCC2)N(C(=O)Cn2nnc(-c3ccc(F)cc3)n2)c2ccccc2C)o1. The Morgan fingerprint density at radius 3 is 2.50 bits per heavy atom. The third-order valence-electron chi connectivity index (χ3n) is 6.71. The fourth-order valence-corrected chi connectivity index (χ4v) is 4.80. The van der Waals surface area contributed by atoms with Crippen molar-refractivity contribution in [1.82, 2.24) is 25.5 Å². The summed E-state index contributed by atoms with van der Waals surface area (Å²) in [6.45, 7) is 3.41. The highest BCUT2D eigenvalue weighted by molar-refractivity contribution is 6.01. The van der Waals surface area contributed by atoms with Gasteiger partial charge in [0, 0.05) is 17.3 Å². The average molecular weight is 517 g/mol. The van der Waals surface area contributed by atoms with Crippen molar-refractivity contribution < 1.29 is 18.4 Å². The summed E-state index contributed by atoms with van der Waals surface area (Å²) in [7, 11) is 0. The number of hydrogen-bond acceptors (Lipinski definition) is 6. The van der Waals surface area contributed by atoms with E-state index < -0.39 is 11.9 Å². The molecule has 0 spiro atoms. The molecule has 1 saturated carbocycles. The summed E-state index contributed by atoms with van der Waals surface area (Å²) in [5.74, 6) is 0.174. The average Bonchev–Trinajstić information content (AvgIpc) is 3.67. The minimum absolute atomic E-state index is 0.0603. The van der Waals surface area contributed by atoms with Crippen molar-refractivity contribution in [3.63, 3.8) is 0 Å². The smallest absolute Gasteiger partial charge is 0.251 e. The number of anilines is 1. The van der Waals surface area contributed by atoms with Crippen LogP contribution in [0, 0.1) is 19.7 Å². The minimum Gasteiger partial charge on any atom is -0.464 e. The highest BCUT2D eigenvalue weighted by Gasteiger charge is 2.37. The van der Waals surface area contributed by atoms with Gasteiger partial charge in [0.1, 0.15) is 23.9 Å². The number of para-hydroxylation sites is 1. The molecule has 5 rings (SSSR count). The predicted molar refractivity (Wildman–Crippen MR) is 138 cm³/mol. The summed E-state index contributed by atoms with van der Waals surface area (Å²) in [6.07, 6.45) is 3.93. The van der Waals surface area contributed by atoms with Crippen LogP contribution in [0.3, 0.4) is 0 Å². The molecule has 1 N–H and O–H groups in total. The number of amides is 2. The van der Waals surface area contributed by atoms with Crippen LogP contribution < -0.4 is 10.2 Å². The summed E-state index contributed by atoms with van der Waals surface area (Å²) in [5.41, 5.74) is 1.97. The summed E-state index contributed by atoms with van der Waals surface area (Å²) in [6, 6.07) is 15.6. The monoisotopic (exact) mass is 516 g/mol. The quantitative estimate of drug-likeness (QED) is 0.369. The number of tetrazole rings is 1. The summed E-state index contributed by atoms with van der Waals surface area (Å²) in [4.78, 5) is 30.3. The Labute approximate surface area is 219 Å². The summed E-state index contributed by atoms with van der Waals surface area (Å²) >= 11 is 0. The molecule has 0 aliphatic heterocycles. The van der Waals surface area contributed by atoms with Crippen LogP contribution in [0.2, 0.25) is 0 Å². The molecule has 2 heterocycles. The van der Waals surface area contributed by atoms with Crippen LogP contribution in [0.4, 0.5) is 10.1 Å². The molecule has 38 heavy (non-hydrogen) atoms. The van der Waals surface area contributed by atoms with Crippen LogP contribution in [0.15, 0.2) is 65.1 Å². The van der Waals surface area contributed by atoms with Crippen LogP contribution in [0.1, 0.15) is 48.8 Å². The molecule has 0 bridgehead atoms. The zero-order valence-electron chi connectivity index (χ0n) is 21.3. The second-order valence-electron chi connectivity index (χ2n) is 9.54. The van der Waals surface area contributed by atoms with Crippen LogP contribution >= 0.6 is 0 Å². The number of furan rings is 1. The maximum absolute atomic E-state index is 13.9. The molecule has 2 aromatic heterocycles. The van der Waals surface area contributed by atoms with Crippen LogP contribution in [-0.2, 0) is 16.1 Å². The molecule has 10 heteroatoms. The number of carbonyl (C=O) groups excluding carboxylic acids is 2. The lowest BCUT2D eigenvalue weighted by molar-refractivity contribution is -0.128. The minimum atomic E-state index is -1.03. The Hall–Kier alpha value is -4.34. The molecule has 4 aromatic rings. The second-order valence-corrected chi connectivity index (χ2v) is 9.54. The van der Waals surface area contributed by atoms with Gasteiger partial charge in [-0.3, -0.25) is 14.5 Å². The standard InChI is InChI=1S/C28H29FN6O3/c1-18-7-3-6-10-23(18)35(25(36)17-34-32-27(31-33-34)20-12-14-21(29)15-13-20)26(24-16-11-19(2)38-24)28(37)30-22-8-4-5-9-22/h3,6-7,10-16,22,26H,4-5,8-9,17H2,1-2H3,(H,30,37). The van der Waals surface area contributed by atoms with E-state index in [4.69, 9.17) is 4.42 Å². The van der Waals surface area contributed by atoms with E-state index >= 15 is 0 Å². The van der Waals surface area contributed by atoms with Crippen LogP contribution in [-0.4, -0.2) is 38.1 Å². The zero-order valence-corrected chi connectivity index (χ0v) is 21.3. The zero-order chi connectivity index (χ0) is 26.6. The van der Waals surface area contributed by atoms with Crippen molar-refractivity contribution in [3.05, 3.63) is 83.6 Å². The predicted octanol–water partition coefficient (Wildman–Crippen LogP) is 4.52. The molecule has 2 aromatic carbocycles. The van der Waals surface area contributed by atoms with Gasteiger partial charge in [0.2, 0.25) is 5.82 Å². The molecule has 1 aliphatic carbocycles. The first-order chi connectivity index (χ1) is 18.4. The first kappa shape index (κ1) is 25.3. The maximum Gasteiger partial charge on any atom is 0.251 e. The molecule has 9 nitrogen and oxygen atoms in total. The van der Waals surface area contributed by atoms with Gasteiger partial charge in [-0.2, -0.15) is 4.80 Å². The first-order valence-corrected chi connectivity index (χ1v) is 12.7. The molecular weight excluding hydrogens is 487 g/mol. The molecule has 0 radical (unpaired) electrons. The van der Waals surface area contributed by atoms with E-state index in [1.54, 1.807) is 37.3 Å². The van der Waals surface area contributed by atoms with Crippen LogP contribution in [0.5, 0.6) is 0 Å². The van der Waals surface area contributed by atoms with Gasteiger partial charge in [0.25, 0.3) is 11.8 Å². The van der Waals surface area contributed by atoms with Gasteiger partial charge in [-0.05, 0) is 79.9 Å². The van der Waals surface area contributed by atoms with Gasteiger partial charge < -0.3 is 9.73 Å². The third-order valence-corrected chi connectivity index (χ3v) is 6.71. The number of aryl methyl sites for hydroxylation is 2. The van der Waals surface area contributed by atoms with E-state index in [1.165, 1.54) is 21.8 Å². The molecule has 2 amide bonds. The number of nitrogens with one attached hydrogen (secondary N) is 1. The number of nitrogens with zero attached hydrogens (tertiary/aromatic N) is 5. The van der Waals surface area contributed by atoms with Gasteiger partial charge >= 0.3 is 0 Å². The van der Waals surface area contributed by atoms with Gasteiger partial charge in [0.15, 0.2) is 6.04 Å². The van der Waals surface area contributed by atoms with E-state index in [-0.39, 0.29) is 30.1 Å². The highest BCUT2D eigenvalue weighted by atomic mass is 19.1. The third kappa shape index (κ3) is 5.49. The molecule has 1 atom stereocenters. The lowest BCUT2D eigenvalue weighted by Gasteiger charge is -2.31. The molecule has 1 aliphatic rings. The van der Waals surface area contributed by atoms with Crippen molar-refractivity contribution >= 4 is 17.5 Å². The maximum atomic E-state index is 13.9. The van der Waals surface area contributed by atoms with Crippen molar-refractivity contribution in [2.45, 2.75) is 58.2 Å². The van der Waals surface area contributed by atoms with Gasteiger partial charge in [-0.1, -0.05) is 31.0 Å². The molecule has 1 unspecified atom stereocenters. The molecule has 1 fully saturated rings. The van der Waals surface area contributed by atoms with Crippen LogP contribution in [0.25, 0.3) is 11.4 Å². The fraction of sp³-hybridized carbons (Fsp3) is 0.321. The Kier molecular flexibility index (Phi) is 7.30. The lowest BCUT2D eigenvalue weighted by Crippen LogP contribution is -2.47. The summed E-state index contributed by atoms with van der Waals surface area (Å²) < 4.78 is 19.2. The Balaban J connectivity index is 1.49. The number of aromatic nitrogens is 4. The molecular formula is C28H29FN6O3. The molecule has 0 saturated heterocycles. The van der Waals surface area contributed by atoms with E-state index in [0.717, 1.165) is 31.2 Å². The summed E-state index contributed by atoms with van der Waals surface area (Å²) in [5, 5.41) is 15.5. The topological polar surface area (TPSA) is 106 Å². The Morgan fingerprint density at radius 1 is 1.08 bits per heavy atom. The number of carbonyl (C=O) groups is 2. The van der Waals surface area contributed by atoms with E-state index in [0.29, 0.717) is 22.8 Å². The van der Waals surface area contributed by atoms with Crippen molar-refractivity contribution in [3.8, 4) is 11.4 Å². The van der Waals surface area contributed by atoms with Gasteiger partial charge in [0.05, 0.1) is 0 Å². The lowest BCUT2D eigenvalue weighted by atomic mass is 10.1. The largest absolute Gasteiger partial charge is 0.464 e. The molecule has 196 valence electrons. The Bertz CT molecular complexity index is 1420.